The second kappa shape index (κ2) is 10.5. The average Bonchev–Trinajstić information content (AvgIpc) is 3.21. The van der Waals surface area contributed by atoms with Crippen LogP contribution in [0.25, 0.3) is 6.08 Å². The zero-order chi connectivity index (χ0) is 19.8. The molecule has 2 unspecified atom stereocenters. The summed E-state index contributed by atoms with van der Waals surface area (Å²) < 4.78 is 0. The van der Waals surface area contributed by atoms with Crippen LogP contribution in [-0.4, -0.2) is 18.8 Å². The van der Waals surface area contributed by atoms with Gasteiger partial charge < -0.3 is 5.32 Å². The number of nitrogens with one attached hydrogen (secondary N) is 1. The SMILES string of the molecule is C=CCCC(CC)CNC(=C)C1=NCC(CCc2ccc3c(c2)CCC=C3)C1. The van der Waals surface area contributed by atoms with Crippen LogP contribution in [0.15, 0.2) is 54.2 Å². The third kappa shape index (κ3) is 5.70. The first-order valence-electron chi connectivity index (χ1n) is 11.0. The van der Waals surface area contributed by atoms with Gasteiger partial charge in [-0.1, -0.05) is 56.4 Å². The molecule has 3 rings (SSSR count). The Bertz CT molecular complexity index is 741. The highest BCUT2D eigenvalue weighted by Crippen LogP contribution is 2.25. The second-order valence-electron chi connectivity index (χ2n) is 8.37. The number of fused-ring (bicyclic) bond motifs is 1. The van der Waals surface area contributed by atoms with E-state index in [9.17, 15) is 0 Å². The van der Waals surface area contributed by atoms with Crippen molar-refractivity contribution in [2.45, 2.75) is 58.3 Å². The maximum Gasteiger partial charge on any atom is 0.0576 e. The summed E-state index contributed by atoms with van der Waals surface area (Å²) in [5, 5.41) is 3.55. The molecule has 2 heteroatoms. The number of allylic oxidation sites excluding steroid dienone is 3. The van der Waals surface area contributed by atoms with Crippen molar-refractivity contribution in [1.29, 1.82) is 0 Å². The van der Waals surface area contributed by atoms with Crippen LogP contribution in [0.2, 0.25) is 0 Å². The van der Waals surface area contributed by atoms with Crippen molar-refractivity contribution in [2.75, 3.05) is 13.1 Å². The van der Waals surface area contributed by atoms with Gasteiger partial charge in [-0.3, -0.25) is 4.99 Å². The third-order valence-corrected chi connectivity index (χ3v) is 6.26. The van der Waals surface area contributed by atoms with Gasteiger partial charge in [-0.2, -0.15) is 0 Å². The molecule has 1 N–H and O–H groups in total. The molecule has 1 aliphatic carbocycles. The van der Waals surface area contributed by atoms with E-state index in [2.05, 4.69) is 55.7 Å². The molecule has 2 aliphatic rings. The normalized spacial score (nSPS) is 19.0. The monoisotopic (exact) mass is 376 g/mol. The number of rotatable bonds is 11. The van der Waals surface area contributed by atoms with Gasteiger partial charge in [-0.25, -0.2) is 0 Å². The summed E-state index contributed by atoms with van der Waals surface area (Å²) in [4.78, 5) is 4.79. The molecular formula is C26H36N2. The third-order valence-electron chi connectivity index (χ3n) is 6.26. The molecule has 0 saturated carbocycles. The lowest BCUT2D eigenvalue weighted by atomic mass is 9.91. The van der Waals surface area contributed by atoms with Crippen molar-refractivity contribution < 1.29 is 0 Å². The standard InChI is InChI=1S/C26H36N2/c1-4-6-9-21(5-2)18-27-20(3)26-17-23(19-28-26)13-12-22-14-15-24-10-7-8-11-25(24)16-22/h4,7,10,14-16,21,23,27H,1,3,5-6,8-9,11-13,17-19H2,2H3. The Labute approximate surface area is 171 Å². The molecule has 150 valence electrons. The van der Waals surface area contributed by atoms with Crippen molar-refractivity contribution in [3.8, 4) is 0 Å². The number of hydrogen-bond acceptors (Lipinski definition) is 2. The molecule has 0 spiro atoms. The Kier molecular flexibility index (Phi) is 7.71. The maximum absolute atomic E-state index is 4.79. The predicted molar refractivity (Wildman–Crippen MR) is 123 cm³/mol. The fraction of sp³-hybridized carbons (Fsp3) is 0.500. The minimum absolute atomic E-state index is 0.659. The molecule has 1 aromatic rings. The van der Waals surface area contributed by atoms with Crippen molar-refractivity contribution in [3.63, 3.8) is 0 Å². The second-order valence-corrected chi connectivity index (χ2v) is 8.37. The minimum atomic E-state index is 0.659. The largest absolute Gasteiger partial charge is 0.384 e. The summed E-state index contributed by atoms with van der Waals surface area (Å²) in [6, 6.07) is 7.02. The van der Waals surface area contributed by atoms with Crippen molar-refractivity contribution >= 4 is 11.8 Å². The highest BCUT2D eigenvalue weighted by molar-refractivity contribution is 6.00. The van der Waals surface area contributed by atoms with E-state index in [1.165, 1.54) is 54.5 Å². The van der Waals surface area contributed by atoms with E-state index in [1.54, 1.807) is 0 Å². The number of aryl methyl sites for hydroxylation is 2. The van der Waals surface area contributed by atoms with Crippen LogP contribution < -0.4 is 5.32 Å². The molecule has 1 aliphatic heterocycles. The summed E-state index contributed by atoms with van der Waals surface area (Å²) in [7, 11) is 0. The van der Waals surface area contributed by atoms with Crippen LogP contribution in [0.3, 0.4) is 0 Å². The molecule has 0 bridgehead atoms. The van der Waals surface area contributed by atoms with E-state index < -0.39 is 0 Å². The van der Waals surface area contributed by atoms with Gasteiger partial charge >= 0.3 is 0 Å². The molecule has 0 aromatic heterocycles. The fourth-order valence-corrected chi connectivity index (χ4v) is 4.24. The lowest BCUT2D eigenvalue weighted by molar-refractivity contribution is 0.458. The molecule has 2 atom stereocenters. The number of hydrogen-bond donors (Lipinski definition) is 1. The van der Waals surface area contributed by atoms with Gasteiger partial charge in [0.25, 0.3) is 0 Å². The van der Waals surface area contributed by atoms with Gasteiger partial charge in [0.05, 0.1) is 5.71 Å². The molecule has 0 amide bonds. The zero-order valence-electron chi connectivity index (χ0n) is 17.6. The quantitative estimate of drug-likeness (QED) is 0.461. The lowest BCUT2D eigenvalue weighted by Gasteiger charge is -2.17. The van der Waals surface area contributed by atoms with Gasteiger partial charge in [0, 0.05) is 18.8 Å². The van der Waals surface area contributed by atoms with Crippen LogP contribution in [0, 0.1) is 11.8 Å². The summed E-state index contributed by atoms with van der Waals surface area (Å²) >= 11 is 0. The van der Waals surface area contributed by atoms with Gasteiger partial charge in [-0.15, -0.1) is 6.58 Å². The first kappa shape index (κ1) is 20.6. The van der Waals surface area contributed by atoms with E-state index in [0.29, 0.717) is 11.8 Å². The Morgan fingerprint density at radius 3 is 3.11 bits per heavy atom. The summed E-state index contributed by atoms with van der Waals surface area (Å²) in [5.74, 6) is 1.35. The van der Waals surface area contributed by atoms with E-state index >= 15 is 0 Å². The molecule has 1 heterocycles. The summed E-state index contributed by atoms with van der Waals surface area (Å²) in [6.07, 6.45) is 15.9. The number of nitrogens with zero attached hydrogens (tertiary/aromatic N) is 1. The minimum Gasteiger partial charge on any atom is -0.384 e. The van der Waals surface area contributed by atoms with Gasteiger partial charge in [0.15, 0.2) is 0 Å². The van der Waals surface area contributed by atoms with E-state index in [4.69, 9.17) is 4.99 Å². The van der Waals surface area contributed by atoms with Crippen LogP contribution in [0.1, 0.15) is 62.1 Å². The van der Waals surface area contributed by atoms with Gasteiger partial charge in [0.1, 0.15) is 0 Å². The van der Waals surface area contributed by atoms with Gasteiger partial charge in [-0.05, 0) is 73.5 Å². The highest BCUT2D eigenvalue weighted by Gasteiger charge is 2.21. The molecule has 2 nitrogen and oxygen atoms in total. The molecule has 1 aromatic carbocycles. The van der Waals surface area contributed by atoms with Crippen LogP contribution in [-0.2, 0) is 12.8 Å². The average molecular weight is 377 g/mol. The topological polar surface area (TPSA) is 24.4 Å². The molecule has 0 fully saturated rings. The van der Waals surface area contributed by atoms with E-state index in [0.717, 1.165) is 38.0 Å². The molecule has 0 radical (unpaired) electrons. The van der Waals surface area contributed by atoms with Crippen molar-refractivity contribution in [3.05, 3.63) is 65.9 Å². The smallest absolute Gasteiger partial charge is 0.0576 e. The fourth-order valence-electron chi connectivity index (χ4n) is 4.24. The highest BCUT2D eigenvalue weighted by atomic mass is 14.9. The first-order chi connectivity index (χ1) is 13.7. The number of benzene rings is 1. The Hall–Kier alpha value is -2.09. The molecular weight excluding hydrogens is 340 g/mol. The number of aliphatic imine (C=N–C) groups is 1. The maximum atomic E-state index is 4.79. The van der Waals surface area contributed by atoms with Gasteiger partial charge in [0.2, 0.25) is 0 Å². The van der Waals surface area contributed by atoms with E-state index in [1.807, 2.05) is 6.08 Å². The molecule has 28 heavy (non-hydrogen) atoms. The first-order valence-corrected chi connectivity index (χ1v) is 11.0. The Balaban J connectivity index is 1.41. The van der Waals surface area contributed by atoms with Crippen molar-refractivity contribution in [1.82, 2.24) is 5.32 Å². The van der Waals surface area contributed by atoms with Crippen molar-refractivity contribution in [2.24, 2.45) is 16.8 Å². The summed E-state index contributed by atoms with van der Waals surface area (Å²) in [5.41, 5.74) is 6.64. The zero-order valence-corrected chi connectivity index (χ0v) is 17.6. The molecule has 0 saturated heterocycles. The summed E-state index contributed by atoms with van der Waals surface area (Å²) in [6.45, 7) is 12.3. The predicted octanol–water partition coefficient (Wildman–Crippen LogP) is 6.14. The van der Waals surface area contributed by atoms with E-state index in [-0.39, 0.29) is 0 Å². The van der Waals surface area contributed by atoms with Crippen LogP contribution >= 0.6 is 0 Å². The van der Waals surface area contributed by atoms with Crippen LogP contribution in [0.5, 0.6) is 0 Å². The lowest BCUT2D eigenvalue weighted by Crippen LogP contribution is -2.25. The van der Waals surface area contributed by atoms with Crippen LogP contribution in [0.4, 0.5) is 0 Å². The Morgan fingerprint density at radius 1 is 1.39 bits per heavy atom. The Morgan fingerprint density at radius 2 is 2.29 bits per heavy atom.